The minimum Gasteiger partial charge on any atom is -0.493 e. The van der Waals surface area contributed by atoms with Gasteiger partial charge in [-0.05, 0) is 55.5 Å². The Morgan fingerprint density at radius 1 is 1.16 bits per heavy atom. The van der Waals surface area contributed by atoms with Gasteiger partial charge in [-0.3, -0.25) is 10.1 Å². The number of primary sulfonamides is 1. The topological polar surface area (TPSA) is 111 Å². The molecule has 1 amide bonds. The van der Waals surface area contributed by atoms with E-state index in [0.29, 0.717) is 23.6 Å². The number of sulfonamides is 1. The van der Waals surface area contributed by atoms with Crippen LogP contribution < -0.4 is 20.5 Å². The summed E-state index contributed by atoms with van der Waals surface area (Å²) in [5.74, 6) is 0.0468. The lowest BCUT2D eigenvalue weighted by molar-refractivity contribution is 0.0974. The Hall–Kier alpha value is -2.49. The van der Waals surface area contributed by atoms with Gasteiger partial charge in [0.25, 0.3) is 5.91 Å². The quantitative estimate of drug-likeness (QED) is 0.684. The molecule has 0 fully saturated rings. The van der Waals surface area contributed by atoms with Crippen LogP contribution in [-0.2, 0) is 10.0 Å². The number of hydrogen-bond acceptors (Lipinski definition) is 5. The molecule has 0 aliphatic carbocycles. The summed E-state index contributed by atoms with van der Waals surface area (Å²) < 4.78 is 27.8. The van der Waals surface area contributed by atoms with Crippen LogP contribution in [0.5, 0.6) is 5.75 Å². The minimum atomic E-state index is -3.76. The molecule has 2 rings (SSSR count). The van der Waals surface area contributed by atoms with E-state index in [1.165, 1.54) is 24.3 Å². The first kappa shape index (κ1) is 18.8. The van der Waals surface area contributed by atoms with E-state index in [4.69, 9.17) is 22.1 Å². The molecule has 4 N–H and O–H groups in total. The van der Waals surface area contributed by atoms with Crippen molar-refractivity contribution in [1.29, 1.82) is 0 Å². The molecular weight excluding hydrogens is 362 g/mol. The number of thiocarbonyl (C=S) groups is 1. The van der Waals surface area contributed by atoms with Crippen LogP contribution >= 0.6 is 12.2 Å². The van der Waals surface area contributed by atoms with Gasteiger partial charge in [0.05, 0.1) is 17.1 Å². The molecular formula is C16H17N3O4S2. The van der Waals surface area contributed by atoms with E-state index in [-0.39, 0.29) is 10.0 Å². The second-order valence-corrected chi connectivity index (χ2v) is 6.88. The molecule has 0 unspecified atom stereocenters. The number of nitrogens with one attached hydrogen (secondary N) is 2. The maximum atomic E-state index is 12.3. The van der Waals surface area contributed by atoms with E-state index in [1.54, 1.807) is 24.3 Å². The summed E-state index contributed by atoms with van der Waals surface area (Å²) in [5, 5.41) is 10.4. The third kappa shape index (κ3) is 5.24. The van der Waals surface area contributed by atoms with Crippen LogP contribution in [0.4, 0.5) is 5.69 Å². The average molecular weight is 379 g/mol. The van der Waals surface area contributed by atoms with E-state index < -0.39 is 15.9 Å². The van der Waals surface area contributed by atoms with E-state index in [9.17, 15) is 13.2 Å². The van der Waals surface area contributed by atoms with E-state index in [2.05, 4.69) is 10.6 Å². The van der Waals surface area contributed by atoms with E-state index in [0.717, 1.165) is 0 Å². The summed E-state index contributed by atoms with van der Waals surface area (Å²) in [4.78, 5) is 12.3. The number of carbonyl (C=O) groups is 1. The van der Waals surface area contributed by atoms with Crippen LogP contribution in [0.3, 0.4) is 0 Å². The van der Waals surface area contributed by atoms with Crippen molar-refractivity contribution in [3.05, 3.63) is 54.1 Å². The van der Waals surface area contributed by atoms with Gasteiger partial charge in [0, 0.05) is 5.69 Å². The molecule has 0 aromatic heterocycles. The van der Waals surface area contributed by atoms with E-state index >= 15 is 0 Å². The van der Waals surface area contributed by atoms with Gasteiger partial charge in [-0.2, -0.15) is 0 Å². The number of amides is 1. The predicted molar refractivity (Wildman–Crippen MR) is 99.1 cm³/mol. The lowest BCUT2D eigenvalue weighted by atomic mass is 10.2. The molecule has 0 radical (unpaired) electrons. The molecule has 0 heterocycles. The Morgan fingerprint density at radius 3 is 2.40 bits per heavy atom. The highest BCUT2D eigenvalue weighted by Gasteiger charge is 2.13. The Bertz CT molecular complexity index is 881. The van der Waals surface area contributed by atoms with Gasteiger partial charge >= 0.3 is 0 Å². The molecule has 0 saturated heterocycles. The largest absolute Gasteiger partial charge is 0.493 e. The Labute approximate surface area is 151 Å². The van der Waals surface area contributed by atoms with Crippen molar-refractivity contribution in [3.63, 3.8) is 0 Å². The van der Waals surface area contributed by atoms with Crippen molar-refractivity contribution in [2.75, 3.05) is 11.9 Å². The number of ether oxygens (including phenoxy) is 1. The van der Waals surface area contributed by atoms with Gasteiger partial charge in [0.2, 0.25) is 10.0 Å². The Balaban J connectivity index is 2.04. The van der Waals surface area contributed by atoms with Crippen LogP contribution in [0.1, 0.15) is 17.3 Å². The van der Waals surface area contributed by atoms with Crippen molar-refractivity contribution in [1.82, 2.24) is 5.32 Å². The Morgan fingerprint density at radius 2 is 1.80 bits per heavy atom. The highest BCUT2D eigenvalue weighted by Crippen LogP contribution is 2.18. The highest BCUT2D eigenvalue weighted by atomic mass is 32.2. The standard InChI is InChI=1S/C16H17N3O4S2/c1-2-23-14-6-4-3-5-13(14)15(20)19-16(24)18-11-7-9-12(10-8-11)25(17,21)22/h3-10H,2H2,1H3,(H2,17,21,22)(H2,18,19,20,24). The summed E-state index contributed by atoms with van der Waals surface area (Å²) in [6.07, 6.45) is 0. The van der Waals surface area contributed by atoms with Crippen molar-refractivity contribution < 1.29 is 17.9 Å². The molecule has 2 aromatic rings. The van der Waals surface area contributed by atoms with Crippen molar-refractivity contribution in [2.45, 2.75) is 11.8 Å². The minimum absolute atomic E-state index is 0.0151. The monoisotopic (exact) mass is 379 g/mol. The number of hydrogen-bond donors (Lipinski definition) is 3. The van der Waals surface area contributed by atoms with Crippen LogP contribution in [-0.4, -0.2) is 26.0 Å². The molecule has 0 aliphatic rings. The number of para-hydroxylation sites is 1. The molecule has 25 heavy (non-hydrogen) atoms. The SMILES string of the molecule is CCOc1ccccc1C(=O)NC(=S)Nc1ccc(S(N)(=O)=O)cc1. The van der Waals surface area contributed by atoms with Crippen LogP contribution in [0.25, 0.3) is 0 Å². The average Bonchev–Trinajstić information content (AvgIpc) is 2.55. The van der Waals surface area contributed by atoms with E-state index in [1.807, 2.05) is 6.92 Å². The fourth-order valence-corrected chi connectivity index (χ4v) is 2.72. The van der Waals surface area contributed by atoms with Crippen molar-refractivity contribution in [3.8, 4) is 5.75 Å². The molecule has 7 nitrogen and oxygen atoms in total. The third-order valence-electron chi connectivity index (χ3n) is 3.10. The summed E-state index contributed by atoms with van der Waals surface area (Å²) in [6, 6.07) is 12.5. The smallest absolute Gasteiger partial charge is 0.261 e. The van der Waals surface area contributed by atoms with Crippen molar-refractivity contribution >= 4 is 38.9 Å². The predicted octanol–water partition coefficient (Wildman–Crippen LogP) is 1.86. The van der Waals surface area contributed by atoms with Crippen molar-refractivity contribution in [2.24, 2.45) is 5.14 Å². The van der Waals surface area contributed by atoms with Gasteiger partial charge in [-0.25, -0.2) is 13.6 Å². The summed E-state index contributed by atoms with van der Waals surface area (Å²) in [7, 11) is -3.76. The maximum Gasteiger partial charge on any atom is 0.261 e. The number of nitrogens with two attached hydrogens (primary N) is 1. The number of anilines is 1. The van der Waals surface area contributed by atoms with Crippen LogP contribution in [0, 0.1) is 0 Å². The van der Waals surface area contributed by atoms with Crippen LogP contribution in [0.2, 0.25) is 0 Å². The molecule has 132 valence electrons. The van der Waals surface area contributed by atoms with Gasteiger partial charge in [-0.1, -0.05) is 12.1 Å². The third-order valence-corrected chi connectivity index (χ3v) is 4.23. The van der Waals surface area contributed by atoms with Crippen LogP contribution in [0.15, 0.2) is 53.4 Å². The van der Waals surface area contributed by atoms with Gasteiger partial charge < -0.3 is 10.1 Å². The number of rotatable bonds is 5. The number of benzene rings is 2. The van der Waals surface area contributed by atoms with Gasteiger partial charge in [0.15, 0.2) is 5.11 Å². The molecule has 0 bridgehead atoms. The first-order chi connectivity index (χ1) is 11.8. The number of carbonyl (C=O) groups excluding carboxylic acids is 1. The summed E-state index contributed by atoms with van der Waals surface area (Å²) in [5.41, 5.74) is 0.869. The normalized spacial score (nSPS) is 10.8. The highest BCUT2D eigenvalue weighted by molar-refractivity contribution is 7.89. The molecule has 0 aliphatic heterocycles. The first-order valence-electron chi connectivity index (χ1n) is 7.28. The lowest BCUT2D eigenvalue weighted by Gasteiger charge is -2.12. The molecule has 9 heteroatoms. The summed E-state index contributed by atoms with van der Waals surface area (Å²) >= 11 is 5.10. The Kier molecular flexibility index (Phi) is 6.07. The zero-order chi connectivity index (χ0) is 18.4. The molecule has 0 saturated carbocycles. The molecule has 0 atom stereocenters. The van der Waals surface area contributed by atoms with Gasteiger partial charge in [0.1, 0.15) is 5.75 Å². The second kappa shape index (κ2) is 8.06. The zero-order valence-electron chi connectivity index (χ0n) is 13.4. The lowest BCUT2D eigenvalue weighted by Crippen LogP contribution is -2.34. The van der Waals surface area contributed by atoms with Gasteiger partial charge in [-0.15, -0.1) is 0 Å². The molecule has 2 aromatic carbocycles. The summed E-state index contributed by atoms with van der Waals surface area (Å²) in [6.45, 7) is 2.26. The maximum absolute atomic E-state index is 12.3. The fourth-order valence-electron chi connectivity index (χ4n) is 2.00. The first-order valence-corrected chi connectivity index (χ1v) is 9.23. The molecule has 0 spiro atoms. The fraction of sp³-hybridized carbons (Fsp3) is 0.125. The zero-order valence-corrected chi connectivity index (χ0v) is 15.0. The second-order valence-electron chi connectivity index (χ2n) is 4.91.